The highest BCUT2D eigenvalue weighted by atomic mass is 16.1. The zero-order valence-electron chi connectivity index (χ0n) is 12.2. The second-order valence-electron chi connectivity index (χ2n) is 4.91. The van der Waals surface area contributed by atoms with Gasteiger partial charge in [-0.2, -0.15) is 0 Å². The highest BCUT2D eigenvalue weighted by Gasteiger charge is 2.11. The second-order valence-corrected chi connectivity index (χ2v) is 4.91. The van der Waals surface area contributed by atoms with E-state index in [0.717, 1.165) is 17.9 Å². The van der Waals surface area contributed by atoms with Gasteiger partial charge in [0.15, 0.2) is 5.78 Å². The first-order valence-corrected chi connectivity index (χ1v) is 6.77. The molecule has 104 valence electrons. The van der Waals surface area contributed by atoms with E-state index in [9.17, 15) is 4.79 Å². The number of anilines is 3. The average Bonchev–Trinajstić information content (AvgIpc) is 2.43. The molecule has 2 aromatic carbocycles. The molecule has 3 nitrogen and oxygen atoms in total. The molecule has 2 N–H and O–H groups in total. The van der Waals surface area contributed by atoms with Crippen LogP contribution in [0.1, 0.15) is 29.8 Å². The van der Waals surface area contributed by atoms with Crippen molar-refractivity contribution in [2.24, 2.45) is 0 Å². The van der Waals surface area contributed by atoms with E-state index in [1.165, 1.54) is 12.5 Å². The van der Waals surface area contributed by atoms with E-state index >= 15 is 0 Å². The van der Waals surface area contributed by atoms with Gasteiger partial charge in [0.25, 0.3) is 0 Å². The molecule has 0 aliphatic heterocycles. The lowest BCUT2D eigenvalue weighted by Gasteiger charge is -2.24. The number of carbonyl (C=O) groups is 1. The van der Waals surface area contributed by atoms with Crippen molar-refractivity contribution < 1.29 is 4.79 Å². The first kappa shape index (κ1) is 14.1. The summed E-state index contributed by atoms with van der Waals surface area (Å²) in [5, 5.41) is 0. The van der Waals surface area contributed by atoms with Crippen molar-refractivity contribution in [2.45, 2.75) is 20.8 Å². The zero-order chi connectivity index (χ0) is 14.7. The maximum Gasteiger partial charge on any atom is 0.161 e. The second kappa shape index (κ2) is 5.78. The molecule has 0 saturated carbocycles. The number of nitrogens with two attached hydrogens (primary N) is 1. The Morgan fingerprint density at radius 3 is 2.25 bits per heavy atom. The van der Waals surface area contributed by atoms with Gasteiger partial charge in [-0.1, -0.05) is 17.7 Å². The third-order valence-corrected chi connectivity index (χ3v) is 3.39. The van der Waals surface area contributed by atoms with Crippen LogP contribution >= 0.6 is 0 Å². The highest BCUT2D eigenvalue weighted by Crippen LogP contribution is 2.28. The van der Waals surface area contributed by atoms with Crippen LogP contribution in [0.5, 0.6) is 0 Å². The standard InChI is InChI=1S/C17H20N2O/c1-4-19(14-7-5-12(2)6-8-14)15-9-10-17(18)16(11-15)13(3)20/h5-11H,4,18H2,1-3H3. The van der Waals surface area contributed by atoms with Crippen molar-refractivity contribution in [2.75, 3.05) is 17.2 Å². The predicted molar refractivity (Wildman–Crippen MR) is 84.7 cm³/mol. The third kappa shape index (κ3) is 2.82. The molecule has 2 rings (SSSR count). The maximum atomic E-state index is 11.6. The minimum Gasteiger partial charge on any atom is -0.398 e. The van der Waals surface area contributed by atoms with Crippen LogP contribution in [0.2, 0.25) is 0 Å². The van der Waals surface area contributed by atoms with Crippen molar-refractivity contribution in [3.63, 3.8) is 0 Å². The summed E-state index contributed by atoms with van der Waals surface area (Å²) in [6, 6.07) is 13.9. The number of carbonyl (C=O) groups excluding carboxylic acids is 1. The highest BCUT2D eigenvalue weighted by molar-refractivity contribution is 6.00. The number of nitrogen functional groups attached to an aromatic ring is 1. The molecular weight excluding hydrogens is 248 g/mol. The van der Waals surface area contributed by atoms with E-state index < -0.39 is 0 Å². The number of aryl methyl sites for hydroxylation is 1. The van der Waals surface area contributed by atoms with Crippen LogP contribution in [0.15, 0.2) is 42.5 Å². The number of rotatable bonds is 4. The molecule has 2 aromatic rings. The van der Waals surface area contributed by atoms with Gasteiger partial charge in [0.05, 0.1) is 0 Å². The number of hydrogen-bond donors (Lipinski definition) is 1. The molecule has 0 aliphatic rings. The number of ketones is 1. The fourth-order valence-corrected chi connectivity index (χ4v) is 2.26. The Balaban J connectivity index is 2.44. The van der Waals surface area contributed by atoms with Crippen molar-refractivity contribution >= 4 is 22.8 Å². The fraction of sp³-hybridized carbons (Fsp3) is 0.235. The quantitative estimate of drug-likeness (QED) is 0.675. The maximum absolute atomic E-state index is 11.6. The molecule has 3 heteroatoms. The summed E-state index contributed by atoms with van der Waals surface area (Å²) in [5.74, 6) is -0.00990. The van der Waals surface area contributed by atoms with Gasteiger partial charge in [0.2, 0.25) is 0 Å². The molecule has 0 aromatic heterocycles. The summed E-state index contributed by atoms with van der Waals surface area (Å²) in [7, 11) is 0. The summed E-state index contributed by atoms with van der Waals surface area (Å²) in [4.78, 5) is 13.8. The monoisotopic (exact) mass is 268 g/mol. The molecule has 0 heterocycles. The molecule has 0 atom stereocenters. The van der Waals surface area contributed by atoms with Crippen molar-refractivity contribution in [3.8, 4) is 0 Å². The molecule has 0 bridgehead atoms. The molecule has 20 heavy (non-hydrogen) atoms. The van der Waals surface area contributed by atoms with Gasteiger partial charge in [0.1, 0.15) is 0 Å². The van der Waals surface area contributed by atoms with Crippen molar-refractivity contribution in [1.29, 1.82) is 0 Å². The topological polar surface area (TPSA) is 46.3 Å². The van der Waals surface area contributed by atoms with E-state index in [0.29, 0.717) is 11.3 Å². The molecule has 0 amide bonds. The van der Waals surface area contributed by atoms with Crippen molar-refractivity contribution in [3.05, 3.63) is 53.6 Å². The molecule has 0 fully saturated rings. The van der Waals surface area contributed by atoms with Crippen LogP contribution in [0.3, 0.4) is 0 Å². The van der Waals surface area contributed by atoms with Crippen LogP contribution in [0, 0.1) is 6.92 Å². The van der Waals surface area contributed by atoms with Crippen LogP contribution < -0.4 is 10.6 Å². The zero-order valence-corrected chi connectivity index (χ0v) is 12.2. The smallest absolute Gasteiger partial charge is 0.161 e. The van der Waals surface area contributed by atoms with Gasteiger partial charge >= 0.3 is 0 Å². The SMILES string of the molecule is CCN(c1ccc(C)cc1)c1ccc(N)c(C(C)=O)c1. The van der Waals surface area contributed by atoms with E-state index in [-0.39, 0.29) is 5.78 Å². The summed E-state index contributed by atoms with van der Waals surface area (Å²) in [6.07, 6.45) is 0. The molecule has 0 saturated heterocycles. The minimum absolute atomic E-state index is 0.00990. The molecule has 0 aliphatic carbocycles. The summed E-state index contributed by atoms with van der Waals surface area (Å²) < 4.78 is 0. The fourth-order valence-electron chi connectivity index (χ4n) is 2.26. The number of hydrogen-bond acceptors (Lipinski definition) is 3. The van der Waals surface area contributed by atoms with Gasteiger partial charge in [-0.15, -0.1) is 0 Å². The van der Waals surface area contributed by atoms with Gasteiger partial charge in [0, 0.05) is 29.2 Å². The van der Waals surface area contributed by atoms with E-state index in [2.05, 4.69) is 43.0 Å². The Labute approximate surface area is 120 Å². The van der Waals surface area contributed by atoms with Gasteiger partial charge in [-0.05, 0) is 51.1 Å². The Kier molecular flexibility index (Phi) is 4.08. The normalized spacial score (nSPS) is 10.3. The minimum atomic E-state index is -0.00990. The lowest BCUT2D eigenvalue weighted by molar-refractivity contribution is 0.101. The Bertz CT molecular complexity index is 617. The van der Waals surface area contributed by atoms with E-state index in [1.54, 1.807) is 6.07 Å². The lowest BCUT2D eigenvalue weighted by Crippen LogP contribution is -2.16. The van der Waals surface area contributed by atoms with Crippen LogP contribution in [-0.4, -0.2) is 12.3 Å². The van der Waals surface area contributed by atoms with E-state index in [1.807, 2.05) is 12.1 Å². The Hall–Kier alpha value is -2.29. The first-order valence-electron chi connectivity index (χ1n) is 6.77. The molecule has 0 radical (unpaired) electrons. The van der Waals surface area contributed by atoms with Gasteiger partial charge < -0.3 is 10.6 Å². The Morgan fingerprint density at radius 2 is 1.70 bits per heavy atom. The number of Topliss-reactive ketones (excluding diaryl/α,β-unsaturated/α-hetero) is 1. The molecule has 0 spiro atoms. The average molecular weight is 268 g/mol. The first-order chi connectivity index (χ1) is 9.52. The van der Waals surface area contributed by atoms with Crippen molar-refractivity contribution in [1.82, 2.24) is 0 Å². The van der Waals surface area contributed by atoms with Gasteiger partial charge in [-0.3, -0.25) is 4.79 Å². The van der Waals surface area contributed by atoms with Crippen LogP contribution in [0.25, 0.3) is 0 Å². The van der Waals surface area contributed by atoms with Crippen LogP contribution in [-0.2, 0) is 0 Å². The molecular formula is C17H20N2O. The largest absolute Gasteiger partial charge is 0.398 e. The summed E-state index contributed by atoms with van der Waals surface area (Å²) in [5.41, 5.74) is 10.3. The van der Waals surface area contributed by atoms with E-state index in [4.69, 9.17) is 5.73 Å². The third-order valence-electron chi connectivity index (χ3n) is 3.39. The number of nitrogens with zero attached hydrogens (tertiary/aromatic N) is 1. The van der Waals surface area contributed by atoms with Crippen LogP contribution in [0.4, 0.5) is 17.1 Å². The Morgan fingerprint density at radius 1 is 1.10 bits per heavy atom. The van der Waals surface area contributed by atoms with Gasteiger partial charge in [-0.25, -0.2) is 0 Å². The lowest BCUT2D eigenvalue weighted by atomic mass is 10.1. The summed E-state index contributed by atoms with van der Waals surface area (Å²) >= 11 is 0. The predicted octanol–water partition coefficient (Wildman–Crippen LogP) is 3.94. The molecule has 0 unspecified atom stereocenters. The summed E-state index contributed by atoms with van der Waals surface area (Å²) in [6.45, 7) is 6.52. The number of benzene rings is 2.